The zero-order chi connectivity index (χ0) is 20.5. The number of amides is 2. The summed E-state index contributed by atoms with van der Waals surface area (Å²) in [4.78, 5) is 23.2. The number of alkyl carbamates (subject to hydrolysis) is 1. The normalized spacial score (nSPS) is 20.1. The molecule has 1 N–H and O–H groups in total. The molecule has 1 heterocycles. The summed E-state index contributed by atoms with van der Waals surface area (Å²) in [6.45, 7) is -3.06. The number of aryl methyl sites for hydroxylation is 1. The van der Waals surface area contributed by atoms with Gasteiger partial charge in [0.1, 0.15) is 5.75 Å². The van der Waals surface area contributed by atoms with Crippen molar-refractivity contribution in [1.82, 2.24) is 5.32 Å². The van der Waals surface area contributed by atoms with Crippen LogP contribution in [0.25, 0.3) is 0 Å². The van der Waals surface area contributed by atoms with Crippen molar-refractivity contribution in [3.63, 3.8) is 0 Å². The number of hydrogen-bond donors (Lipinski definition) is 1. The van der Waals surface area contributed by atoms with E-state index in [2.05, 4.69) is 10.1 Å². The van der Waals surface area contributed by atoms with Crippen molar-refractivity contribution in [2.75, 3.05) is 0 Å². The van der Waals surface area contributed by atoms with Gasteiger partial charge in [0.05, 0.1) is 11.6 Å². The van der Waals surface area contributed by atoms with Crippen LogP contribution in [0.2, 0.25) is 0 Å². The Morgan fingerprint density at radius 3 is 2.69 bits per heavy atom. The van der Waals surface area contributed by atoms with Crippen molar-refractivity contribution in [2.45, 2.75) is 31.5 Å². The van der Waals surface area contributed by atoms with E-state index in [-0.39, 0.29) is 23.0 Å². The van der Waals surface area contributed by atoms with Gasteiger partial charge in [0.25, 0.3) is 5.91 Å². The minimum Gasteiger partial charge on any atom is -0.453 e. The lowest BCUT2D eigenvalue weighted by molar-refractivity contribution is -0.124. The first kappa shape index (κ1) is 18.7. The molecule has 2 atom stereocenters. The summed E-state index contributed by atoms with van der Waals surface area (Å²) in [6, 6.07) is 11.0. The van der Waals surface area contributed by atoms with E-state index in [4.69, 9.17) is 14.7 Å². The Morgan fingerprint density at radius 1 is 1.17 bits per heavy atom. The summed E-state index contributed by atoms with van der Waals surface area (Å²) in [5.74, 6) is -0.520. The molecule has 1 fully saturated rings. The minimum absolute atomic E-state index is 0.0443. The Bertz CT molecular complexity index is 1030. The summed E-state index contributed by atoms with van der Waals surface area (Å²) in [5, 5.41) is 11.1. The predicted octanol–water partition coefficient (Wildman–Crippen LogP) is 3.62. The molecule has 1 aliphatic heterocycles. The van der Waals surface area contributed by atoms with E-state index in [1.54, 1.807) is 18.2 Å². The Hall–Kier alpha value is -3.67. The fraction of sp³-hybridized carbons (Fsp3) is 0.250. The number of ether oxygens (including phenoxy) is 3. The Kier molecular flexibility index (Phi) is 4.76. The zero-order valence-corrected chi connectivity index (χ0v) is 14.9. The van der Waals surface area contributed by atoms with Gasteiger partial charge in [-0.3, -0.25) is 10.1 Å². The number of imide groups is 1. The molecule has 9 heteroatoms. The van der Waals surface area contributed by atoms with Crippen molar-refractivity contribution in [1.29, 1.82) is 5.26 Å². The first-order valence-corrected chi connectivity index (χ1v) is 8.75. The minimum atomic E-state index is -3.06. The number of carbonyl (C=O) groups excluding carboxylic acids is 2. The number of benzene rings is 2. The highest BCUT2D eigenvalue weighted by Crippen LogP contribution is 2.41. The number of halogens is 2. The molecule has 4 rings (SSSR count). The third kappa shape index (κ3) is 3.69. The third-order valence-electron chi connectivity index (χ3n) is 4.84. The number of hydrogen-bond acceptors (Lipinski definition) is 6. The van der Waals surface area contributed by atoms with Gasteiger partial charge in [-0.25, -0.2) is 4.79 Å². The number of rotatable bonds is 5. The first-order chi connectivity index (χ1) is 13.9. The molecule has 0 aromatic heterocycles. The molecule has 1 aliphatic carbocycles. The van der Waals surface area contributed by atoms with E-state index in [0.717, 1.165) is 11.1 Å². The number of alkyl halides is 2. The van der Waals surface area contributed by atoms with Crippen LogP contribution in [0.15, 0.2) is 36.4 Å². The number of nitriles is 1. The third-order valence-corrected chi connectivity index (χ3v) is 4.84. The molecule has 29 heavy (non-hydrogen) atoms. The van der Waals surface area contributed by atoms with Gasteiger partial charge < -0.3 is 14.2 Å². The molecule has 0 bridgehead atoms. The van der Waals surface area contributed by atoms with Crippen molar-refractivity contribution < 1.29 is 32.6 Å². The molecule has 148 valence electrons. The molecule has 2 aliphatic rings. The van der Waals surface area contributed by atoms with Gasteiger partial charge in [-0.2, -0.15) is 14.0 Å². The van der Waals surface area contributed by atoms with E-state index in [0.29, 0.717) is 18.6 Å². The first-order valence-electron chi connectivity index (χ1n) is 8.75. The van der Waals surface area contributed by atoms with Crippen LogP contribution in [0, 0.1) is 11.3 Å². The van der Waals surface area contributed by atoms with Crippen LogP contribution < -0.4 is 14.8 Å². The number of fused-ring (bicyclic) bond motifs is 1. The quantitative estimate of drug-likeness (QED) is 0.823. The maximum absolute atomic E-state index is 12.7. The Labute approximate surface area is 163 Å². The van der Waals surface area contributed by atoms with E-state index in [1.807, 2.05) is 6.07 Å². The molecule has 2 aromatic rings. The maximum atomic E-state index is 12.7. The van der Waals surface area contributed by atoms with Crippen molar-refractivity contribution in [3.8, 4) is 23.3 Å². The summed E-state index contributed by atoms with van der Waals surface area (Å²) >= 11 is 0. The van der Waals surface area contributed by atoms with Gasteiger partial charge in [-0.15, -0.1) is 0 Å². The summed E-state index contributed by atoms with van der Waals surface area (Å²) in [5.41, 5.74) is 1.94. The van der Waals surface area contributed by atoms with Crippen LogP contribution in [0.3, 0.4) is 0 Å². The highest BCUT2D eigenvalue weighted by molar-refractivity contribution is 6.00. The SMILES string of the molecule is N#Cc1ccc(Oc2ccc3c(c2)CC[C@H]3C2OC(=O)NC2=O)c(OC(F)F)c1. The molecular formula is C20H14F2N2O5. The number of carbonyl (C=O) groups is 2. The van der Waals surface area contributed by atoms with Gasteiger partial charge in [0, 0.05) is 12.0 Å². The predicted molar refractivity (Wildman–Crippen MR) is 93.8 cm³/mol. The molecule has 1 saturated heterocycles. The second-order valence-corrected chi connectivity index (χ2v) is 6.57. The lowest BCUT2D eigenvalue weighted by Crippen LogP contribution is -2.28. The van der Waals surface area contributed by atoms with Crippen LogP contribution in [0.1, 0.15) is 29.0 Å². The summed E-state index contributed by atoms with van der Waals surface area (Å²) in [6.07, 6.45) is -0.339. The van der Waals surface area contributed by atoms with Gasteiger partial charge in [-0.05, 0) is 48.2 Å². The maximum Gasteiger partial charge on any atom is 0.414 e. The monoisotopic (exact) mass is 400 g/mol. The topological polar surface area (TPSA) is 97.6 Å². The van der Waals surface area contributed by atoms with Crippen LogP contribution >= 0.6 is 0 Å². The standard InChI is InChI=1S/C20H14F2N2O5/c21-19(22)28-16-7-10(9-23)1-6-15(16)27-12-3-5-13-11(8-12)2-4-14(13)17-18(25)24-20(26)29-17/h1,3,5-8,14,17,19H,2,4H2,(H,24,25,26)/t14-,17?/m1/s1. The lowest BCUT2D eigenvalue weighted by Gasteiger charge is -2.16. The number of nitrogens with one attached hydrogen (secondary N) is 1. The summed E-state index contributed by atoms with van der Waals surface area (Å²) < 4.78 is 40.6. The average molecular weight is 400 g/mol. The van der Waals surface area contributed by atoms with Gasteiger partial charge in [0.15, 0.2) is 17.6 Å². The van der Waals surface area contributed by atoms with E-state index in [1.165, 1.54) is 18.2 Å². The van der Waals surface area contributed by atoms with Crippen LogP contribution in [0.4, 0.5) is 13.6 Å². The zero-order valence-electron chi connectivity index (χ0n) is 14.9. The number of cyclic esters (lactones) is 1. The lowest BCUT2D eigenvalue weighted by atomic mass is 9.95. The molecule has 7 nitrogen and oxygen atoms in total. The van der Waals surface area contributed by atoms with Crippen molar-refractivity contribution in [2.24, 2.45) is 0 Å². The largest absolute Gasteiger partial charge is 0.453 e. The van der Waals surface area contributed by atoms with Gasteiger partial charge >= 0.3 is 12.7 Å². The molecule has 2 amide bonds. The van der Waals surface area contributed by atoms with Crippen LogP contribution in [-0.4, -0.2) is 24.7 Å². The van der Waals surface area contributed by atoms with Crippen molar-refractivity contribution >= 4 is 12.0 Å². The highest BCUT2D eigenvalue weighted by atomic mass is 19.3. The molecule has 0 spiro atoms. The molecule has 2 aromatic carbocycles. The smallest absolute Gasteiger partial charge is 0.414 e. The Balaban J connectivity index is 1.57. The molecule has 0 radical (unpaired) electrons. The van der Waals surface area contributed by atoms with E-state index >= 15 is 0 Å². The fourth-order valence-electron chi connectivity index (χ4n) is 3.62. The number of nitrogens with zero attached hydrogens (tertiary/aromatic N) is 1. The Morgan fingerprint density at radius 2 is 2.00 bits per heavy atom. The second-order valence-electron chi connectivity index (χ2n) is 6.57. The van der Waals surface area contributed by atoms with E-state index in [9.17, 15) is 18.4 Å². The van der Waals surface area contributed by atoms with Crippen molar-refractivity contribution in [3.05, 3.63) is 53.1 Å². The molecular weight excluding hydrogens is 386 g/mol. The van der Waals surface area contributed by atoms with Crippen LogP contribution in [0.5, 0.6) is 17.2 Å². The summed E-state index contributed by atoms with van der Waals surface area (Å²) in [7, 11) is 0. The van der Waals surface area contributed by atoms with Gasteiger partial charge in [-0.1, -0.05) is 6.07 Å². The molecule has 1 unspecified atom stereocenters. The highest BCUT2D eigenvalue weighted by Gasteiger charge is 2.42. The fourth-order valence-corrected chi connectivity index (χ4v) is 3.62. The average Bonchev–Trinajstić information content (AvgIpc) is 3.24. The van der Waals surface area contributed by atoms with Crippen LogP contribution in [-0.2, 0) is 16.0 Å². The van der Waals surface area contributed by atoms with E-state index < -0.39 is 24.7 Å². The molecule has 0 saturated carbocycles. The second kappa shape index (κ2) is 7.39. The van der Waals surface area contributed by atoms with Gasteiger partial charge in [0.2, 0.25) is 0 Å².